The molecule has 0 aromatic heterocycles. The zero-order chi connectivity index (χ0) is 15.1. The molecule has 0 spiro atoms. The third-order valence-electron chi connectivity index (χ3n) is 2.93. The van der Waals surface area contributed by atoms with Crippen LogP contribution in [0, 0.1) is 0 Å². The van der Waals surface area contributed by atoms with Crippen LogP contribution in [0.5, 0.6) is 5.75 Å². The molecule has 21 heavy (non-hydrogen) atoms. The van der Waals surface area contributed by atoms with Crippen LogP contribution in [-0.4, -0.2) is 25.7 Å². The lowest BCUT2D eigenvalue weighted by Gasteiger charge is -2.11. The lowest BCUT2D eigenvalue weighted by atomic mass is 9.98. The highest BCUT2D eigenvalue weighted by Gasteiger charge is 2.16. The molecule has 0 heterocycles. The molecule has 0 bridgehead atoms. The number of benzene rings is 2. The molecule has 0 saturated heterocycles. The van der Waals surface area contributed by atoms with E-state index < -0.39 is 0 Å². The Morgan fingerprint density at radius 3 is 2.57 bits per heavy atom. The van der Waals surface area contributed by atoms with Crippen molar-refractivity contribution in [3.8, 4) is 5.75 Å². The maximum absolute atomic E-state index is 12.6. The van der Waals surface area contributed by atoms with E-state index >= 15 is 0 Å². The first-order valence-electron chi connectivity index (χ1n) is 6.70. The summed E-state index contributed by atoms with van der Waals surface area (Å²) in [5, 5.41) is 3.76. The van der Waals surface area contributed by atoms with Gasteiger partial charge in [0.1, 0.15) is 12.9 Å². The summed E-state index contributed by atoms with van der Waals surface area (Å²) in [5.41, 5.74) is 1.78. The molecule has 0 fully saturated rings. The first kappa shape index (κ1) is 14.8. The molecule has 2 aromatic rings. The van der Waals surface area contributed by atoms with Gasteiger partial charge in [0, 0.05) is 16.7 Å². The minimum Gasteiger partial charge on any atom is -0.493 e. The Morgan fingerprint density at radius 2 is 1.90 bits per heavy atom. The van der Waals surface area contributed by atoms with Crippen molar-refractivity contribution in [3.05, 3.63) is 65.2 Å². The molecular weight excluding hydrogens is 266 g/mol. The zero-order valence-electron chi connectivity index (χ0n) is 12.1. The number of carbonyl (C=O) groups is 1. The Bertz CT molecular complexity index is 636. The monoisotopic (exact) mass is 283 g/mol. The summed E-state index contributed by atoms with van der Waals surface area (Å²) >= 11 is 0. The van der Waals surface area contributed by atoms with Gasteiger partial charge in [0.2, 0.25) is 0 Å². The molecule has 0 radical (unpaired) electrons. The van der Waals surface area contributed by atoms with Crippen LogP contribution < -0.4 is 4.74 Å². The summed E-state index contributed by atoms with van der Waals surface area (Å²) in [6, 6.07) is 14.5. The fraction of sp³-hybridized carbons (Fsp3) is 0.176. The lowest BCUT2D eigenvalue weighted by molar-refractivity contribution is 0.103. The third kappa shape index (κ3) is 3.48. The number of hydrogen-bond acceptors (Lipinski definition) is 4. The summed E-state index contributed by atoms with van der Waals surface area (Å²) in [4.78, 5) is 17.4. The Morgan fingerprint density at radius 1 is 1.14 bits per heavy atom. The van der Waals surface area contributed by atoms with Crippen molar-refractivity contribution >= 4 is 12.0 Å². The molecule has 2 aromatic carbocycles. The predicted molar refractivity (Wildman–Crippen MR) is 82.1 cm³/mol. The summed E-state index contributed by atoms with van der Waals surface area (Å²) in [6.45, 7) is 2.40. The van der Waals surface area contributed by atoms with Crippen LogP contribution in [0.25, 0.3) is 0 Å². The van der Waals surface area contributed by atoms with E-state index in [2.05, 4.69) is 5.16 Å². The number of rotatable bonds is 6. The quantitative estimate of drug-likeness (QED) is 0.464. The van der Waals surface area contributed by atoms with Crippen LogP contribution in [0.3, 0.4) is 0 Å². The van der Waals surface area contributed by atoms with Gasteiger partial charge in [-0.3, -0.25) is 4.79 Å². The highest BCUT2D eigenvalue weighted by molar-refractivity contribution is 6.13. The average molecular weight is 283 g/mol. The molecule has 2 rings (SSSR count). The maximum atomic E-state index is 12.6. The molecule has 0 unspecified atom stereocenters. The van der Waals surface area contributed by atoms with Crippen molar-refractivity contribution in [1.29, 1.82) is 0 Å². The molecule has 0 aliphatic carbocycles. The Balaban J connectivity index is 2.49. The fourth-order valence-electron chi connectivity index (χ4n) is 2.01. The van der Waals surface area contributed by atoms with E-state index in [0.29, 0.717) is 29.0 Å². The molecule has 4 heteroatoms. The van der Waals surface area contributed by atoms with Crippen LogP contribution in [0.4, 0.5) is 0 Å². The standard InChI is InChI=1S/C17H17NO3/c1-3-21-16-11-7-10-14(15(16)12-18-20-2)17(19)13-8-5-4-6-9-13/h4-12H,3H2,1-2H3/b18-12-. The molecule has 0 aliphatic rings. The van der Waals surface area contributed by atoms with E-state index in [4.69, 9.17) is 9.57 Å². The van der Waals surface area contributed by atoms with E-state index in [9.17, 15) is 4.79 Å². The van der Waals surface area contributed by atoms with Crippen LogP contribution in [0.15, 0.2) is 53.7 Å². The van der Waals surface area contributed by atoms with Crippen molar-refractivity contribution in [2.75, 3.05) is 13.7 Å². The third-order valence-corrected chi connectivity index (χ3v) is 2.93. The van der Waals surface area contributed by atoms with Gasteiger partial charge in [-0.05, 0) is 13.0 Å². The van der Waals surface area contributed by atoms with Crippen molar-refractivity contribution in [2.24, 2.45) is 5.16 Å². The van der Waals surface area contributed by atoms with Crippen LogP contribution in [0.2, 0.25) is 0 Å². The first-order chi connectivity index (χ1) is 10.3. The highest BCUT2D eigenvalue weighted by atomic mass is 16.6. The Hall–Kier alpha value is -2.62. The minimum absolute atomic E-state index is 0.0743. The SMILES string of the molecule is CCOc1cccc(C(=O)c2ccccc2)c1/C=N\OC. The fourth-order valence-corrected chi connectivity index (χ4v) is 2.01. The van der Waals surface area contributed by atoms with Gasteiger partial charge in [-0.25, -0.2) is 0 Å². The summed E-state index contributed by atoms with van der Waals surface area (Å²) < 4.78 is 5.56. The average Bonchev–Trinajstić information content (AvgIpc) is 2.54. The zero-order valence-corrected chi connectivity index (χ0v) is 12.1. The molecule has 0 aliphatic heterocycles. The van der Waals surface area contributed by atoms with Gasteiger partial charge in [0.15, 0.2) is 5.78 Å². The van der Waals surface area contributed by atoms with E-state index in [1.165, 1.54) is 13.3 Å². The number of ketones is 1. The normalized spacial score (nSPS) is 10.6. The van der Waals surface area contributed by atoms with Gasteiger partial charge >= 0.3 is 0 Å². The molecular formula is C17H17NO3. The summed E-state index contributed by atoms with van der Waals surface area (Å²) in [6.07, 6.45) is 1.50. The van der Waals surface area contributed by atoms with Gasteiger partial charge in [-0.2, -0.15) is 0 Å². The molecule has 4 nitrogen and oxygen atoms in total. The van der Waals surface area contributed by atoms with E-state index in [1.54, 1.807) is 24.3 Å². The molecule has 0 atom stereocenters. The van der Waals surface area contributed by atoms with Gasteiger partial charge < -0.3 is 9.57 Å². The summed E-state index contributed by atoms with van der Waals surface area (Å²) in [7, 11) is 1.46. The van der Waals surface area contributed by atoms with Gasteiger partial charge in [0.25, 0.3) is 0 Å². The highest BCUT2D eigenvalue weighted by Crippen LogP contribution is 2.23. The van der Waals surface area contributed by atoms with Crippen molar-refractivity contribution in [2.45, 2.75) is 6.92 Å². The Labute approximate surface area is 124 Å². The van der Waals surface area contributed by atoms with Crippen LogP contribution >= 0.6 is 0 Å². The van der Waals surface area contributed by atoms with Crippen molar-refractivity contribution in [1.82, 2.24) is 0 Å². The van der Waals surface area contributed by atoms with Gasteiger partial charge in [0.05, 0.1) is 12.8 Å². The molecule has 0 amide bonds. The minimum atomic E-state index is -0.0743. The van der Waals surface area contributed by atoms with E-state index in [0.717, 1.165) is 0 Å². The molecule has 0 saturated carbocycles. The summed E-state index contributed by atoms with van der Waals surface area (Å²) in [5.74, 6) is 0.537. The number of nitrogens with zero attached hydrogens (tertiary/aromatic N) is 1. The van der Waals surface area contributed by atoms with E-state index in [1.807, 2.05) is 31.2 Å². The smallest absolute Gasteiger partial charge is 0.193 e. The Kier molecular flexibility index (Phi) is 5.10. The number of ether oxygens (including phenoxy) is 1. The second-order valence-electron chi connectivity index (χ2n) is 4.26. The van der Waals surface area contributed by atoms with E-state index in [-0.39, 0.29) is 5.78 Å². The molecule has 108 valence electrons. The number of oxime groups is 1. The van der Waals surface area contributed by atoms with Crippen LogP contribution in [-0.2, 0) is 4.84 Å². The predicted octanol–water partition coefficient (Wildman–Crippen LogP) is 3.30. The molecule has 0 N–H and O–H groups in total. The van der Waals surface area contributed by atoms with Gasteiger partial charge in [-0.15, -0.1) is 0 Å². The van der Waals surface area contributed by atoms with Crippen LogP contribution in [0.1, 0.15) is 28.4 Å². The second kappa shape index (κ2) is 7.24. The second-order valence-corrected chi connectivity index (χ2v) is 4.26. The number of hydrogen-bond donors (Lipinski definition) is 0. The first-order valence-corrected chi connectivity index (χ1v) is 6.70. The van der Waals surface area contributed by atoms with Crippen molar-refractivity contribution < 1.29 is 14.4 Å². The maximum Gasteiger partial charge on any atom is 0.193 e. The lowest BCUT2D eigenvalue weighted by Crippen LogP contribution is -2.07. The van der Waals surface area contributed by atoms with Gasteiger partial charge in [-0.1, -0.05) is 47.6 Å². The largest absolute Gasteiger partial charge is 0.493 e. The number of carbonyl (C=O) groups excluding carboxylic acids is 1. The van der Waals surface area contributed by atoms with Crippen molar-refractivity contribution in [3.63, 3.8) is 0 Å². The topological polar surface area (TPSA) is 47.9 Å².